The minimum absolute atomic E-state index is 0.0950. The van der Waals surface area contributed by atoms with Gasteiger partial charge < -0.3 is 4.90 Å². The molecule has 2 rings (SSSR count). The van der Waals surface area contributed by atoms with Gasteiger partial charge in [0.15, 0.2) is 0 Å². The lowest BCUT2D eigenvalue weighted by molar-refractivity contribution is 0.0784. The van der Waals surface area contributed by atoms with Crippen LogP contribution in [0.1, 0.15) is 28.4 Å². The van der Waals surface area contributed by atoms with Gasteiger partial charge in [-0.05, 0) is 36.2 Å². The van der Waals surface area contributed by atoms with Crippen molar-refractivity contribution in [3.63, 3.8) is 0 Å². The average Bonchev–Trinajstić information content (AvgIpc) is 2.56. The number of sulfonamides is 1. The second kappa shape index (κ2) is 8.12. The third-order valence-electron chi connectivity index (χ3n) is 3.80. The zero-order chi connectivity index (χ0) is 18.6. The maximum atomic E-state index is 12.8. The van der Waals surface area contributed by atoms with Crippen LogP contribution in [-0.4, -0.2) is 32.8 Å². The smallest absolute Gasteiger partial charge is 0.254 e. The molecular weight excluding hydrogens is 404 g/mol. The first-order chi connectivity index (χ1) is 11.8. The first-order valence-corrected chi connectivity index (χ1v) is 10.1. The van der Waals surface area contributed by atoms with Crippen LogP contribution in [-0.2, 0) is 16.6 Å². The summed E-state index contributed by atoms with van der Waals surface area (Å²) in [6.45, 7) is 4.22. The molecule has 0 unspecified atom stereocenters. The van der Waals surface area contributed by atoms with Crippen molar-refractivity contribution in [2.24, 2.45) is 0 Å². The van der Waals surface area contributed by atoms with Gasteiger partial charge in [-0.1, -0.05) is 47.1 Å². The number of amides is 1. The third-order valence-corrected chi connectivity index (χ3v) is 6.11. The van der Waals surface area contributed by atoms with Crippen molar-refractivity contribution in [3.05, 3.63) is 63.6 Å². The minimum Gasteiger partial charge on any atom is -0.337 e. The predicted molar refractivity (Wildman–Crippen MR) is 102 cm³/mol. The van der Waals surface area contributed by atoms with Crippen molar-refractivity contribution >= 4 is 31.9 Å². The normalized spacial score (nSPS) is 11.4. The van der Waals surface area contributed by atoms with Crippen LogP contribution >= 0.6 is 15.9 Å². The lowest BCUT2D eigenvalue weighted by atomic mass is 10.1. The molecule has 134 valence electrons. The van der Waals surface area contributed by atoms with Gasteiger partial charge in [0.1, 0.15) is 0 Å². The standard InChI is InChI=1S/C18H21BrN2O3S/c1-4-20-25(23,24)15-10-9-13(2)16(11-15)18(22)21(3)12-14-7-5-6-8-17(14)19/h5-11,20H,4,12H2,1-3H3. The van der Waals surface area contributed by atoms with Crippen LogP contribution in [0.3, 0.4) is 0 Å². The summed E-state index contributed by atoms with van der Waals surface area (Å²) in [4.78, 5) is 14.5. The van der Waals surface area contributed by atoms with Crippen LogP contribution in [0.15, 0.2) is 51.8 Å². The Morgan fingerprint density at radius 1 is 1.20 bits per heavy atom. The van der Waals surface area contributed by atoms with Crippen LogP contribution in [0, 0.1) is 6.92 Å². The Morgan fingerprint density at radius 3 is 2.52 bits per heavy atom. The van der Waals surface area contributed by atoms with Crippen LogP contribution in [0.4, 0.5) is 0 Å². The van der Waals surface area contributed by atoms with Gasteiger partial charge in [-0.15, -0.1) is 0 Å². The Morgan fingerprint density at radius 2 is 1.88 bits per heavy atom. The molecule has 7 heteroatoms. The van der Waals surface area contributed by atoms with Crippen LogP contribution in [0.5, 0.6) is 0 Å². The highest BCUT2D eigenvalue weighted by Crippen LogP contribution is 2.21. The average molecular weight is 425 g/mol. The molecule has 0 atom stereocenters. The Balaban J connectivity index is 2.31. The molecule has 1 N–H and O–H groups in total. The Hall–Kier alpha value is -1.70. The number of hydrogen-bond acceptors (Lipinski definition) is 3. The summed E-state index contributed by atoms with van der Waals surface area (Å²) in [6, 6.07) is 12.3. The molecule has 0 aliphatic heterocycles. The number of nitrogens with zero attached hydrogens (tertiary/aromatic N) is 1. The molecule has 2 aromatic carbocycles. The van der Waals surface area contributed by atoms with Crippen molar-refractivity contribution in [2.45, 2.75) is 25.3 Å². The monoisotopic (exact) mass is 424 g/mol. The van der Waals surface area contributed by atoms with Gasteiger partial charge in [-0.25, -0.2) is 13.1 Å². The molecule has 5 nitrogen and oxygen atoms in total. The van der Waals surface area contributed by atoms with Gasteiger partial charge in [-0.2, -0.15) is 0 Å². The molecule has 0 saturated carbocycles. The third kappa shape index (κ3) is 4.68. The van der Waals surface area contributed by atoms with E-state index in [2.05, 4.69) is 20.7 Å². The Labute approximate surface area is 157 Å². The number of rotatable bonds is 6. The number of aryl methyl sites for hydroxylation is 1. The second-order valence-corrected chi connectivity index (χ2v) is 8.35. The fourth-order valence-corrected chi connectivity index (χ4v) is 3.91. The lowest BCUT2D eigenvalue weighted by Gasteiger charge is -2.20. The van der Waals surface area contributed by atoms with E-state index in [1.807, 2.05) is 24.3 Å². The SMILES string of the molecule is CCNS(=O)(=O)c1ccc(C)c(C(=O)N(C)Cc2ccccc2Br)c1. The molecule has 1 amide bonds. The predicted octanol–water partition coefficient (Wildman–Crippen LogP) is 3.33. The molecule has 0 aromatic heterocycles. The van der Waals surface area contributed by atoms with E-state index in [0.29, 0.717) is 18.7 Å². The Bertz CT molecular complexity index is 882. The molecule has 0 saturated heterocycles. The molecule has 2 aromatic rings. The van der Waals surface area contributed by atoms with Crippen LogP contribution in [0.25, 0.3) is 0 Å². The van der Waals surface area contributed by atoms with Crippen molar-refractivity contribution in [3.8, 4) is 0 Å². The van der Waals surface area contributed by atoms with Gasteiger partial charge in [0.2, 0.25) is 10.0 Å². The molecule has 0 aliphatic carbocycles. The molecule has 0 bridgehead atoms. The van der Waals surface area contributed by atoms with Gasteiger partial charge in [0.05, 0.1) is 4.90 Å². The fourth-order valence-electron chi connectivity index (χ4n) is 2.43. The van der Waals surface area contributed by atoms with Crippen molar-refractivity contribution in [1.82, 2.24) is 9.62 Å². The molecule has 0 fully saturated rings. The molecule has 0 radical (unpaired) electrons. The first-order valence-electron chi connectivity index (χ1n) is 7.85. The molecule has 0 heterocycles. The van der Waals surface area contributed by atoms with E-state index in [9.17, 15) is 13.2 Å². The highest BCUT2D eigenvalue weighted by molar-refractivity contribution is 9.10. The van der Waals surface area contributed by atoms with E-state index in [0.717, 1.165) is 15.6 Å². The summed E-state index contributed by atoms with van der Waals surface area (Å²) in [6.07, 6.45) is 0. The quantitative estimate of drug-likeness (QED) is 0.772. The van der Waals surface area contributed by atoms with Gasteiger partial charge >= 0.3 is 0 Å². The largest absolute Gasteiger partial charge is 0.337 e. The van der Waals surface area contributed by atoms with E-state index in [1.54, 1.807) is 31.9 Å². The van der Waals surface area contributed by atoms with E-state index in [-0.39, 0.29) is 10.8 Å². The van der Waals surface area contributed by atoms with Gasteiger partial charge in [0.25, 0.3) is 5.91 Å². The van der Waals surface area contributed by atoms with E-state index in [1.165, 1.54) is 12.1 Å². The number of carbonyl (C=O) groups is 1. The number of benzene rings is 2. The summed E-state index contributed by atoms with van der Waals surface area (Å²) in [5.41, 5.74) is 2.10. The zero-order valence-corrected chi connectivity index (χ0v) is 16.8. The van der Waals surface area contributed by atoms with E-state index < -0.39 is 10.0 Å². The second-order valence-electron chi connectivity index (χ2n) is 5.73. The number of halogens is 1. The first kappa shape index (κ1) is 19.6. The Kier molecular flexibility index (Phi) is 6.37. The summed E-state index contributed by atoms with van der Waals surface area (Å²) in [7, 11) is -1.90. The van der Waals surface area contributed by atoms with Crippen LogP contribution < -0.4 is 4.72 Å². The molecular formula is C18H21BrN2O3S. The highest BCUT2D eigenvalue weighted by Gasteiger charge is 2.20. The maximum Gasteiger partial charge on any atom is 0.254 e. The summed E-state index contributed by atoms with van der Waals surface area (Å²) in [5, 5.41) is 0. The topological polar surface area (TPSA) is 66.5 Å². The fraction of sp³-hybridized carbons (Fsp3) is 0.278. The highest BCUT2D eigenvalue weighted by atomic mass is 79.9. The number of hydrogen-bond donors (Lipinski definition) is 1. The minimum atomic E-state index is -3.60. The zero-order valence-electron chi connectivity index (χ0n) is 14.4. The van der Waals surface area contributed by atoms with Gasteiger partial charge in [0, 0.05) is 30.2 Å². The van der Waals surface area contributed by atoms with Crippen molar-refractivity contribution in [1.29, 1.82) is 0 Å². The maximum absolute atomic E-state index is 12.8. The molecule has 0 spiro atoms. The van der Waals surface area contributed by atoms with E-state index >= 15 is 0 Å². The van der Waals surface area contributed by atoms with Crippen LogP contribution in [0.2, 0.25) is 0 Å². The number of carbonyl (C=O) groups excluding carboxylic acids is 1. The lowest BCUT2D eigenvalue weighted by Crippen LogP contribution is -2.28. The number of nitrogens with one attached hydrogen (secondary N) is 1. The summed E-state index contributed by atoms with van der Waals surface area (Å²) >= 11 is 3.47. The van der Waals surface area contributed by atoms with Crippen molar-refractivity contribution in [2.75, 3.05) is 13.6 Å². The molecule has 0 aliphatic rings. The van der Waals surface area contributed by atoms with Crippen molar-refractivity contribution < 1.29 is 13.2 Å². The van der Waals surface area contributed by atoms with Gasteiger partial charge in [-0.3, -0.25) is 4.79 Å². The molecule has 25 heavy (non-hydrogen) atoms. The summed E-state index contributed by atoms with van der Waals surface area (Å²) in [5.74, 6) is -0.221. The summed E-state index contributed by atoms with van der Waals surface area (Å²) < 4.78 is 27.7. The van der Waals surface area contributed by atoms with E-state index in [4.69, 9.17) is 0 Å².